The molecule has 0 bridgehead atoms. The van der Waals surface area contributed by atoms with Gasteiger partial charge < -0.3 is 15.6 Å². The van der Waals surface area contributed by atoms with Crippen LogP contribution in [0.5, 0.6) is 0 Å². The lowest BCUT2D eigenvalue weighted by molar-refractivity contribution is 0.0948. The number of rotatable bonds is 8. The molecule has 29 heavy (non-hydrogen) atoms. The molecule has 0 unspecified atom stereocenters. The molecule has 6 nitrogen and oxygen atoms in total. The van der Waals surface area contributed by atoms with Gasteiger partial charge in [-0.25, -0.2) is 0 Å². The van der Waals surface area contributed by atoms with Gasteiger partial charge in [-0.2, -0.15) is 0 Å². The number of hydrogen-bond acceptors (Lipinski definition) is 4. The van der Waals surface area contributed by atoms with Crippen molar-refractivity contribution in [3.8, 4) is 0 Å². The fraction of sp³-hybridized carbons (Fsp3) is 0.348. The van der Waals surface area contributed by atoms with Crippen LogP contribution in [0.4, 0.5) is 5.82 Å². The van der Waals surface area contributed by atoms with Crippen LogP contribution in [-0.2, 0) is 6.42 Å². The first-order valence-corrected chi connectivity index (χ1v) is 10.4. The monoisotopic (exact) mass is 389 g/mol. The molecule has 0 saturated heterocycles. The largest absolute Gasteiger partial charge is 0.368 e. The van der Waals surface area contributed by atoms with Gasteiger partial charge in [0.25, 0.3) is 5.91 Å². The molecule has 2 aromatic heterocycles. The maximum atomic E-state index is 12.3. The molecule has 0 radical (unpaired) electrons. The number of anilines is 1. The predicted molar refractivity (Wildman–Crippen MR) is 116 cm³/mol. The molecule has 6 heteroatoms. The van der Waals surface area contributed by atoms with Gasteiger partial charge in [0.1, 0.15) is 5.82 Å². The van der Waals surface area contributed by atoms with Crippen LogP contribution in [0.3, 0.4) is 0 Å². The van der Waals surface area contributed by atoms with Crippen LogP contribution in [-0.4, -0.2) is 34.2 Å². The highest BCUT2D eigenvalue weighted by atomic mass is 16.1. The number of benzene rings is 1. The van der Waals surface area contributed by atoms with Crippen molar-refractivity contribution < 1.29 is 4.79 Å². The number of carbonyl (C=O) groups excluding carboxylic acids is 1. The molecular formula is C23H27N5O. The van der Waals surface area contributed by atoms with Crippen LogP contribution in [0.1, 0.15) is 48.2 Å². The van der Waals surface area contributed by atoms with Gasteiger partial charge in [-0.05, 0) is 62.3 Å². The van der Waals surface area contributed by atoms with E-state index in [9.17, 15) is 4.79 Å². The Labute approximate surface area is 170 Å². The molecule has 3 aromatic rings. The number of allylic oxidation sites excluding steroid dienone is 1. The molecule has 1 aromatic carbocycles. The number of hydrogen-bond donors (Lipinski definition) is 3. The fourth-order valence-electron chi connectivity index (χ4n) is 3.77. The van der Waals surface area contributed by atoms with Gasteiger partial charge in [-0.15, -0.1) is 10.2 Å². The second-order valence-corrected chi connectivity index (χ2v) is 7.45. The van der Waals surface area contributed by atoms with Gasteiger partial charge in [0.05, 0.1) is 0 Å². The maximum Gasteiger partial charge on any atom is 0.271 e. The van der Waals surface area contributed by atoms with E-state index in [1.807, 2.05) is 24.4 Å². The van der Waals surface area contributed by atoms with E-state index in [4.69, 9.17) is 0 Å². The molecule has 3 N–H and O–H groups in total. The first-order valence-electron chi connectivity index (χ1n) is 10.4. The van der Waals surface area contributed by atoms with Crippen molar-refractivity contribution in [3.63, 3.8) is 0 Å². The standard InChI is InChI=1S/C23H27N5O/c29-23(25-15-13-18-16-26-20-9-5-4-8-19(18)20)21-10-11-22(28-27-21)24-14-12-17-6-2-1-3-7-17/h4-6,8-11,16,26H,1-3,7,12-15H2,(H,24,28)(H,25,29). The number of aromatic amines is 1. The number of fused-ring (bicyclic) bond motifs is 1. The zero-order valence-corrected chi connectivity index (χ0v) is 16.6. The van der Waals surface area contributed by atoms with Crippen molar-refractivity contribution in [3.05, 3.63) is 65.5 Å². The lowest BCUT2D eigenvalue weighted by Gasteiger charge is -2.13. The summed E-state index contributed by atoms with van der Waals surface area (Å²) in [5.74, 6) is 0.507. The van der Waals surface area contributed by atoms with E-state index in [2.05, 4.69) is 44.0 Å². The minimum absolute atomic E-state index is 0.198. The topological polar surface area (TPSA) is 82.7 Å². The second-order valence-electron chi connectivity index (χ2n) is 7.45. The van der Waals surface area contributed by atoms with E-state index in [0.717, 1.165) is 24.9 Å². The Balaban J connectivity index is 1.23. The fourth-order valence-corrected chi connectivity index (χ4v) is 3.77. The van der Waals surface area contributed by atoms with Crippen molar-refractivity contribution in [1.82, 2.24) is 20.5 Å². The highest BCUT2D eigenvalue weighted by Crippen LogP contribution is 2.20. The molecule has 1 aliphatic rings. The molecule has 0 fully saturated rings. The molecule has 0 aliphatic heterocycles. The highest BCUT2D eigenvalue weighted by molar-refractivity contribution is 5.92. The number of aromatic nitrogens is 3. The molecule has 150 valence electrons. The Bertz CT molecular complexity index is 990. The Morgan fingerprint density at radius 2 is 1.97 bits per heavy atom. The molecule has 4 rings (SSSR count). The number of H-pyrrole nitrogens is 1. The minimum Gasteiger partial charge on any atom is -0.368 e. The summed E-state index contributed by atoms with van der Waals surface area (Å²) in [6.07, 6.45) is 11.2. The first-order chi connectivity index (χ1) is 14.3. The van der Waals surface area contributed by atoms with Crippen molar-refractivity contribution in [1.29, 1.82) is 0 Å². The van der Waals surface area contributed by atoms with Crippen LogP contribution in [0.25, 0.3) is 10.9 Å². The Kier molecular flexibility index (Phi) is 6.19. The average molecular weight is 390 g/mol. The SMILES string of the molecule is O=C(NCCc1c[nH]c2ccccc12)c1ccc(NCCC2=CCCCC2)nn1. The minimum atomic E-state index is -0.198. The molecule has 0 spiro atoms. The smallest absolute Gasteiger partial charge is 0.271 e. The molecule has 1 amide bonds. The van der Waals surface area contributed by atoms with Crippen LogP contribution >= 0.6 is 0 Å². The molecule has 0 saturated carbocycles. The molecule has 1 aliphatic carbocycles. The van der Waals surface area contributed by atoms with Gasteiger partial charge >= 0.3 is 0 Å². The third kappa shape index (κ3) is 5.02. The van der Waals surface area contributed by atoms with Crippen LogP contribution in [0, 0.1) is 0 Å². The average Bonchev–Trinajstić information content (AvgIpc) is 3.18. The summed E-state index contributed by atoms with van der Waals surface area (Å²) < 4.78 is 0. The number of nitrogens with one attached hydrogen (secondary N) is 3. The third-order valence-corrected chi connectivity index (χ3v) is 5.39. The summed E-state index contributed by atoms with van der Waals surface area (Å²) in [4.78, 5) is 15.6. The summed E-state index contributed by atoms with van der Waals surface area (Å²) in [7, 11) is 0. The predicted octanol–water partition coefficient (Wildman–Crippen LogP) is 4.23. The number of para-hydroxylation sites is 1. The van der Waals surface area contributed by atoms with Crippen LogP contribution in [0.15, 0.2) is 54.2 Å². The number of carbonyl (C=O) groups is 1. The Hall–Kier alpha value is -3.15. The van der Waals surface area contributed by atoms with Crippen LogP contribution < -0.4 is 10.6 Å². The zero-order chi connectivity index (χ0) is 19.9. The maximum absolute atomic E-state index is 12.3. The third-order valence-electron chi connectivity index (χ3n) is 5.39. The van der Waals surface area contributed by atoms with Gasteiger partial charge in [0.2, 0.25) is 0 Å². The Morgan fingerprint density at radius 1 is 1.03 bits per heavy atom. The first kappa shape index (κ1) is 19.2. The van der Waals surface area contributed by atoms with Crippen molar-refractivity contribution in [2.45, 2.75) is 38.5 Å². The van der Waals surface area contributed by atoms with Gasteiger partial charge in [0, 0.05) is 30.2 Å². The summed E-state index contributed by atoms with van der Waals surface area (Å²) in [5.41, 5.74) is 4.18. The van der Waals surface area contributed by atoms with E-state index >= 15 is 0 Å². The van der Waals surface area contributed by atoms with Crippen molar-refractivity contribution in [2.24, 2.45) is 0 Å². The summed E-state index contributed by atoms with van der Waals surface area (Å²) in [6, 6.07) is 11.7. The van der Waals surface area contributed by atoms with E-state index in [-0.39, 0.29) is 5.91 Å². The Morgan fingerprint density at radius 3 is 2.79 bits per heavy atom. The van der Waals surface area contributed by atoms with Crippen LogP contribution in [0.2, 0.25) is 0 Å². The highest BCUT2D eigenvalue weighted by Gasteiger charge is 2.09. The lowest BCUT2D eigenvalue weighted by Crippen LogP contribution is -2.26. The molecule has 2 heterocycles. The molecular weight excluding hydrogens is 362 g/mol. The lowest BCUT2D eigenvalue weighted by atomic mass is 9.97. The van der Waals surface area contributed by atoms with Crippen molar-refractivity contribution in [2.75, 3.05) is 18.4 Å². The number of nitrogens with zero attached hydrogens (tertiary/aromatic N) is 2. The normalized spacial score (nSPS) is 13.9. The second kappa shape index (κ2) is 9.37. The van der Waals surface area contributed by atoms with E-state index in [1.165, 1.54) is 42.2 Å². The van der Waals surface area contributed by atoms with Gasteiger partial charge in [-0.1, -0.05) is 29.8 Å². The molecule has 0 atom stereocenters. The summed E-state index contributed by atoms with van der Waals surface area (Å²) in [5, 5.41) is 15.6. The number of amides is 1. The zero-order valence-electron chi connectivity index (χ0n) is 16.6. The van der Waals surface area contributed by atoms with E-state index in [1.54, 1.807) is 6.07 Å². The van der Waals surface area contributed by atoms with E-state index < -0.39 is 0 Å². The quantitative estimate of drug-likeness (QED) is 0.504. The van der Waals surface area contributed by atoms with Crippen molar-refractivity contribution >= 4 is 22.6 Å². The summed E-state index contributed by atoms with van der Waals surface area (Å²) >= 11 is 0. The summed E-state index contributed by atoms with van der Waals surface area (Å²) in [6.45, 7) is 1.40. The van der Waals surface area contributed by atoms with E-state index in [0.29, 0.717) is 18.1 Å². The van der Waals surface area contributed by atoms with Gasteiger partial charge in [-0.3, -0.25) is 4.79 Å². The van der Waals surface area contributed by atoms with Gasteiger partial charge in [0.15, 0.2) is 5.69 Å².